The Morgan fingerprint density at radius 3 is 2.35 bits per heavy atom. The van der Waals surface area contributed by atoms with Gasteiger partial charge in [-0.05, 0) is 26.3 Å². The van der Waals surface area contributed by atoms with E-state index in [4.69, 9.17) is 5.11 Å². The Labute approximate surface area is 104 Å². The van der Waals surface area contributed by atoms with Crippen molar-refractivity contribution in [3.8, 4) is 0 Å². The third kappa shape index (κ3) is 6.02. The van der Waals surface area contributed by atoms with E-state index in [1.807, 2.05) is 6.92 Å². The molecule has 0 aromatic carbocycles. The van der Waals surface area contributed by atoms with Crippen molar-refractivity contribution in [2.24, 2.45) is 0 Å². The Hall–Kier alpha value is -0.620. The summed E-state index contributed by atoms with van der Waals surface area (Å²) in [7, 11) is -2.96. The van der Waals surface area contributed by atoms with Gasteiger partial charge in [-0.3, -0.25) is 4.79 Å². The van der Waals surface area contributed by atoms with E-state index < -0.39 is 21.3 Å². The van der Waals surface area contributed by atoms with Gasteiger partial charge >= 0.3 is 5.97 Å². The van der Waals surface area contributed by atoms with Gasteiger partial charge in [-0.15, -0.1) is 0 Å². The smallest absolute Gasteiger partial charge is 0.323 e. The standard InChI is InChI=1S/C11H23NO4S/c1-4-7-11(3,10(13)14)12-8-6-9-17(15,16)5-2/h12H,4-9H2,1-3H3,(H,13,14). The minimum absolute atomic E-state index is 0.109. The highest BCUT2D eigenvalue weighted by atomic mass is 32.2. The zero-order valence-electron chi connectivity index (χ0n) is 10.8. The molecule has 0 bridgehead atoms. The summed E-state index contributed by atoms with van der Waals surface area (Å²) in [5, 5.41) is 12.0. The van der Waals surface area contributed by atoms with Gasteiger partial charge < -0.3 is 10.4 Å². The van der Waals surface area contributed by atoms with Crippen molar-refractivity contribution >= 4 is 15.8 Å². The van der Waals surface area contributed by atoms with Crippen molar-refractivity contribution in [2.75, 3.05) is 18.1 Å². The van der Waals surface area contributed by atoms with Crippen LogP contribution in [-0.2, 0) is 14.6 Å². The zero-order chi connectivity index (χ0) is 13.5. The summed E-state index contributed by atoms with van der Waals surface area (Å²) >= 11 is 0. The molecule has 0 aromatic heterocycles. The van der Waals surface area contributed by atoms with Crippen molar-refractivity contribution in [2.45, 2.75) is 45.6 Å². The van der Waals surface area contributed by atoms with Gasteiger partial charge in [0, 0.05) is 5.75 Å². The highest BCUT2D eigenvalue weighted by Gasteiger charge is 2.30. The molecule has 6 heteroatoms. The molecule has 0 aliphatic carbocycles. The van der Waals surface area contributed by atoms with Crippen LogP contribution in [0, 0.1) is 0 Å². The SMILES string of the molecule is CCCC(C)(NCCCS(=O)(=O)CC)C(=O)O. The second-order valence-electron chi connectivity index (χ2n) is 4.40. The third-order valence-corrected chi connectivity index (χ3v) is 4.60. The van der Waals surface area contributed by atoms with Crippen molar-refractivity contribution in [3.05, 3.63) is 0 Å². The van der Waals surface area contributed by atoms with Crippen LogP contribution in [0.5, 0.6) is 0 Å². The van der Waals surface area contributed by atoms with Gasteiger partial charge in [-0.1, -0.05) is 20.3 Å². The number of aliphatic carboxylic acids is 1. The van der Waals surface area contributed by atoms with Crippen LogP contribution < -0.4 is 5.32 Å². The lowest BCUT2D eigenvalue weighted by molar-refractivity contribution is -0.144. The average molecular weight is 265 g/mol. The number of sulfone groups is 1. The Balaban J connectivity index is 4.13. The van der Waals surface area contributed by atoms with E-state index >= 15 is 0 Å². The summed E-state index contributed by atoms with van der Waals surface area (Å²) < 4.78 is 22.5. The fourth-order valence-electron chi connectivity index (χ4n) is 1.57. The highest BCUT2D eigenvalue weighted by Crippen LogP contribution is 2.12. The van der Waals surface area contributed by atoms with Gasteiger partial charge in [-0.2, -0.15) is 0 Å². The van der Waals surface area contributed by atoms with E-state index in [2.05, 4.69) is 5.32 Å². The average Bonchev–Trinajstić information content (AvgIpc) is 2.25. The second-order valence-corrected chi connectivity index (χ2v) is 6.88. The number of carboxylic acids is 1. The zero-order valence-corrected chi connectivity index (χ0v) is 11.6. The molecule has 0 saturated carbocycles. The van der Waals surface area contributed by atoms with Crippen molar-refractivity contribution in [1.29, 1.82) is 0 Å². The molecule has 0 heterocycles. The first-order valence-electron chi connectivity index (χ1n) is 5.96. The number of carboxylic acid groups (broad SMARTS) is 1. The van der Waals surface area contributed by atoms with E-state index in [1.54, 1.807) is 13.8 Å². The topological polar surface area (TPSA) is 83.5 Å². The minimum Gasteiger partial charge on any atom is -0.480 e. The molecular weight excluding hydrogens is 242 g/mol. The summed E-state index contributed by atoms with van der Waals surface area (Å²) in [4.78, 5) is 11.1. The molecule has 1 atom stereocenters. The quantitative estimate of drug-likeness (QED) is 0.609. The summed E-state index contributed by atoms with van der Waals surface area (Å²) in [6, 6.07) is 0. The minimum atomic E-state index is -2.96. The van der Waals surface area contributed by atoms with Crippen LogP contribution in [0.15, 0.2) is 0 Å². The van der Waals surface area contributed by atoms with E-state index in [9.17, 15) is 13.2 Å². The first-order valence-corrected chi connectivity index (χ1v) is 7.78. The van der Waals surface area contributed by atoms with Crippen LogP contribution in [0.2, 0.25) is 0 Å². The van der Waals surface area contributed by atoms with Crippen LogP contribution in [0.4, 0.5) is 0 Å². The van der Waals surface area contributed by atoms with Crippen LogP contribution >= 0.6 is 0 Å². The van der Waals surface area contributed by atoms with Gasteiger partial charge in [0.15, 0.2) is 0 Å². The first kappa shape index (κ1) is 16.4. The van der Waals surface area contributed by atoms with Crippen LogP contribution in [0.3, 0.4) is 0 Å². The summed E-state index contributed by atoms with van der Waals surface area (Å²) in [6.45, 7) is 5.57. The fourth-order valence-corrected chi connectivity index (χ4v) is 2.44. The molecule has 0 fully saturated rings. The number of rotatable bonds is 9. The summed E-state index contributed by atoms with van der Waals surface area (Å²) in [5.41, 5.74) is -0.954. The molecule has 102 valence electrons. The lowest BCUT2D eigenvalue weighted by Gasteiger charge is -2.25. The van der Waals surface area contributed by atoms with E-state index in [-0.39, 0.29) is 11.5 Å². The predicted molar refractivity (Wildman–Crippen MR) is 67.9 cm³/mol. The lowest BCUT2D eigenvalue weighted by atomic mass is 9.96. The molecule has 2 N–H and O–H groups in total. The third-order valence-electron chi connectivity index (χ3n) is 2.81. The maximum absolute atomic E-state index is 11.2. The maximum Gasteiger partial charge on any atom is 0.323 e. The Morgan fingerprint density at radius 2 is 1.94 bits per heavy atom. The molecule has 5 nitrogen and oxygen atoms in total. The van der Waals surface area contributed by atoms with Crippen molar-refractivity contribution in [1.82, 2.24) is 5.32 Å². The van der Waals surface area contributed by atoms with Crippen molar-refractivity contribution in [3.63, 3.8) is 0 Å². The molecule has 0 aromatic rings. The van der Waals surface area contributed by atoms with Gasteiger partial charge in [0.2, 0.25) is 0 Å². The molecule has 0 amide bonds. The summed E-state index contributed by atoms with van der Waals surface area (Å²) in [6.07, 6.45) is 1.74. The van der Waals surface area contributed by atoms with Gasteiger partial charge in [0.1, 0.15) is 15.4 Å². The Morgan fingerprint density at radius 1 is 1.35 bits per heavy atom. The number of nitrogens with one attached hydrogen (secondary N) is 1. The molecule has 0 aliphatic rings. The van der Waals surface area contributed by atoms with Crippen molar-refractivity contribution < 1.29 is 18.3 Å². The lowest BCUT2D eigenvalue weighted by Crippen LogP contribution is -2.49. The molecule has 1 unspecified atom stereocenters. The van der Waals surface area contributed by atoms with E-state index in [1.165, 1.54) is 0 Å². The van der Waals surface area contributed by atoms with Gasteiger partial charge in [0.25, 0.3) is 0 Å². The number of hydrogen-bond donors (Lipinski definition) is 2. The molecule has 0 spiro atoms. The molecule has 17 heavy (non-hydrogen) atoms. The molecular formula is C11H23NO4S. The normalized spacial score (nSPS) is 15.5. The Bertz CT molecular complexity index is 339. The predicted octanol–water partition coefficient (Wildman–Crippen LogP) is 1.04. The molecule has 0 rings (SSSR count). The first-order chi connectivity index (χ1) is 7.77. The van der Waals surface area contributed by atoms with E-state index in [0.717, 1.165) is 6.42 Å². The maximum atomic E-state index is 11.2. The second kappa shape index (κ2) is 6.96. The monoisotopic (exact) mass is 265 g/mol. The van der Waals surface area contributed by atoms with Crippen LogP contribution in [-0.4, -0.2) is 43.1 Å². The molecule has 0 radical (unpaired) electrons. The van der Waals surface area contributed by atoms with Crippen LogP contribution in [0.1, 0.15) is 40.0 Å². The molecule has 0 saturated heterocycles. The molecule has 0 aliphatic heterocycles. The van der Waals surface area contributed by atoms with E-state index in [0.29, 0.717) is 19.4 Å². The summed E-state index contributed by atoms with van der Waals surface area (Å²) in [5.74, 6) is -0.645. The fraction of sp³-hybridized carbons (Fsp3) is 0.909. The van der Waals surface area contributed by atoms with Gasteiger partial charge in [0.05, 0.1) is 5.75 Å². The largest absolute Gasteiger partial charge is 0.480 e. The highest BCUT2D eigenvalue weighted by molar-refractivity contribution is 7.91. The Kier molecular flexibility index (Phi) is 6.70. The number of carbonyl (C=O) groups is 1. The number of hydrogen-bond acceptors (Lipinski definition) is 4. The van der Waals surface area contributed by atoms with Crippen LogP contribution in [0.25, 0.3) is 0 Å². The van der Waals surface area contributed by atoms with Gasteiger partial charge in [-0.25, -0.2) is 8.42 Å².